The molecule has 0 aliphatic carbocycles. The first-order valence-electron chi connectivity index (χ1n) is 6.43. The van der Waals surface area contributed by atoms with Gasteiger partial charge < -0.3 is 19.9 Å². The van der Waals surface area contributed by atoms with E-state index in [9.17, 15) is 15.2 Å². The highest BCUT2D eigenvalue weighted by Crippen LogP contribution is 2.24. The van der Waals surface area contributed by atoms with Crippen molar-refractivity contribution in [2.24, 2.45) is 0 Å². The Labute approximate surface area is 121 Å². The van der Waals surface area contributed by atoms with Crippen molar-refractivity contribution in [1.29, 1.82) is 0 Å². The number of furan rings is 1. The molecule has 1 atom stereocenters. The summed E-state index contributed by atoms with van der Waals surface area (Å²) in [5.74, 6) is 1.29. The van der Waals surface area contributed by atoms with Gasteiger partial charge in [-0.15, -0.1) is 0 Å². The predicted molar refractivity (Wildman–Crippen MR) is 75.6 cm³/mol. The summed E-state index contributed by atoms with van der Waals surface area (Å²) in [5.41, 5.74) is 0.785. The molecule has 3 N–H and O–H groups in total. The zero-order chi connectivity index (χ0) is 15.2. The van der Waals surface area contributed by atoms with Crippen LogP contribution in [0.2, 0.25) is 0 Å². The molecule has 0 saturated heterocycles. The molecule has 1 unspecified atom stereocenters. The van der Waals surface area contributed by atoms with Gasteiger partial charge in [-0.3, -0.25) is 10.1 Å². The second kappa shape index (κ2) is 6.98. The third-order valence-electron chi connectivity index (χ3n) is 2.91. The van der Waals surface area contributed by atoms with E-state index in [-0.39, 0.29) is 18.8 Å². The summed E-state index contributed by atoms with van der Waals surface area (Å²) >= 11 is 0. The fourth-order valence-corrected chi connectivity index (χ4v) is 1.80. The van der Waals surface area contributed by atoms with Crippen LogP contribution in [-0.2, 0) is 6.54 Å². The monoisotopic (exact) mass is 292 g/mol. The second-order valence-electron chi connectivity index (χ2n) is 4.54. The van der Waals surface area contributed by atoms with Crippen molar-refractivity contribution < 1.29 is 19.6 Å². The maximum Gasteiger partial charge on any atom is 0.269 e. The van der Waals surface area contributed by atoms with Crippen LogP contribution >= 0.6 is 0 Å². The van der Waals surface area contributed by atoms with Crippen LogP contribution in [0, 0.1) is 10.1 Å². The smallest absolute Gasteiger partial charge is 0.269 e. The number of aliphatic hydroxyl groups is 2. The molecule has 1 heterocycles. The minimum absolute atomic E-state index is 0.0326. The van der Waals surface area contributed by atoms with E-state index in [2.05, 4.69) is 5.32 Å². The van der Waals surface area contributed by atoms with Gasteiger partial charge in [0.05, 0.1) is 24.2 Å². The molecule has 7 nitrogen and oxygen atoms in total. The summed E-state index contributed by atoms with van der Waals surface area (Å²) < 4.78 is 5.61. The number of nitro benzene ring substituents is 1. The Morgan fingerprint density at radius 3 is 2.57 bits per heavy atom. The molecule has 0 saturated carbocycles. The van der Waals surface area contributed by atoms with E-state index >= 15 is 0 Å². The van der Waals surface area contributed by atoms with Gasteiger partial charge >= 0.3 is 0 Å². The molecule has 2 rings (SSSR count). The predicted octanol–water partition coefficient (Wildman–Crippen LogP) is 1.30. The van der Waals surface area contributed by atoms with Gasteiger partial charge in [-0.1, -0.05) is 0 Å². The SMILES string of the molecule is O=[N+]([O-])c1ccc(-c2ccc(CNCC(O)CO)o2)cc1. The minimum Gasteiger partial charge on any atom is -0.460 e. The maximum atomic E-state index is 10.6. The highest BCUT2D eigenvalue weighted by atomic mass is 16.6. The van der Waals surface area contributed by atoms with E-state index in [1.165, 1.54) is 12.1 Å². The first-order chi connectivity index (χ1) is 10.1. The first-order valence-corrected chi connectivity index (χ1v) is 6.43. The van der Waals surface area contributed by atoms with Crippen molar-refractivity contribution >= 4 is 5.69 Å². The van der Waals surface area contributed by atoms with Gasteiger partial charge in [0, 0.05) is 24.2 Å². The second-order valence-corrected chi connectivity index (χ2v) is 4.54. The Hall–Kier alpha value is -2.22. The molecule has 112 valence electrons. The molecule has 0 radical (unpaired) electrons. The fourth-order valence-electron chi connectivity index (χ4n) is 1.80. The number of nitro groups is 1. The van der Waals surface area contributed by atoms with E-state index in [0.717, 1.165) is 5.56 Å². The van der Waals surface area contributed by atoms with E-state index in [1.54, 1.807) is 24.3 Å². The van der Waals surface area contributed by atoms with Crippen molar-refractivity contribution in [2.45, 2.75) is 12.6 Å². The van der Waals surface area contributed by atoms with E-state index in [1.807, 2.05) is 0 Å². The quantitative estimate of drug-likeness (QED) is 0.524. The third-order valence-corrected chi connectivity index (χ3v) is 2.91. The standard InChI is InChI=1S/C14H16N2O5/c17-9-12(18)7-15-8-13-5-6-14(21-13)10-1-3-11(4-2-10)16(19)20/h1-6,12,15,17-18H,7-9H2. The number of aliphatic hydroxyl groups excluding tert-OH is 2. The van der Waals surface area contributed by atoms with Crippen LogP contribution in [0.25, 0.3) is 11.3 Å². The topological polar surface area (TPSA) is 109 Å². The molecule has 21 heavy (non-hydrogen) atoms. The molecule has 1 aromatic heterocycles. The number of benzene rings is 1. The molecule has 0 fully saturated rings. The van der Waals surface area contributed by atoms with Gasteiger partial charge in [-0.05, 0) is 24.3 Å². The molecule has 0 amide bonds. The summed E-state index contributed by atoms with van der Waals surface area (Å²) in [6.45, 7) is 0.396. The molecule has 0 aliphatic heterocycles. The average Bonchev–Trinajstić information content (AvgIpc) is 2.96. The molecule has 0 bridgehead atoms. The summed E-state index contributed by atoms with van der Waals surface area (Å²) in [6.07, 6.45) is -0.797. The largest absolute Gasteiger partial charge is 0.460 e. The van der Waals surface area contributed by atoms with Crippen LogP contribution in [0.5, 0.6) is 0 Å². The van der Waals surface area contributed by atoms with E-state index < -0.39 is 11.0 Å². The lowest BCUT2D eigenvalue weighted by Crippen LogP contribution is -2.28. The Bertz CT molecular complexity index is 594. The number of hydrogen-bond donors (Lipinski definition) is 3. The lowest BCUT2D eigenvalue weighted by Gasteiger charge is -2.07. The van der Waals surface area contributed by atoms with Crippen molar-refractivity contribution in [2.75, 3.05) is 13.2 Å². The molecular formula is C14H16N2O5. The zero-order valence-electron chi connectivity index (χ0n) is 11.2. The highest BCUT2D eigenvalue weighted by molar-refractivity contribution is 5.59. The van der Waals surface area contributed by atoms with Gasteiger partial charge in [-0.25, -0.2) is 0 Å². The van der Waals surface area contributed by atoms with E-state index in [0.29, 0.717) is 18.1 Å². The first kappa shape index (κ1) is 15.2. The molecule has 0 spiro atoms. The number of rotatable bonds is 7. The Morgan fingerprint density at radius 2 is 1.95 bits per heavy atom. The van der Waals surface area contributed by atoms with Crippen LogP contribution in [-0.4, -0.2) is 34.4 Å². The Morgan fingerprint density at radius 1 is 1.24 bits per heavy atom. The van der Waals surface area contributed by atoms with Crippen LogP contribution < -0.4 is 5.32 Å². The van der Waals surface area contributed by atoms with Crippen molar-refractivity contribution in [3.05, 3.63) is 52.3 Å². The van der Waals surface area contributed by atoms with Gasteiger partial charge in [0.1, 0.15) is 11.5 Å². The van der Waals surface area contributed by atoms with Crippen LogP contribution in [0.3, 0.4) is 0 Å². The van der Waals surface area contributed by atoms with Crippen LogP contribution in [0.15, 0.2) is 40.8 Å². The normalized spacial score (nSPS) is 12.3. The van der Waals surface area contributed by atoms with Crippen LogP contribution in [0.1, 0.15) is 5.76 Å². The molecule has 1 aromatic carbocycles. The lowest BCUT2D eigenvalue weighted by molar-refractivity contribution is -0.384. The minimum atomic E-state index is -0.797. The van der Waals surface area contributed by atoms with Crippen LogP contribution in [0.4, 0.5) is 5.69 Å². The van der Waals surface area contributed by atoms with E-state index in [4.69, 9.17) is 9.52 Å². The lowest BCUT2D eigenvalue weighted by atomic mass is 10.1. The van der Waals surface area contributed by atoms with Gasteiger partial charge in [0.2, 0.25) is 0 Å². The zero-order valence-corrected chi connectivity index (χ0v) is 11.2. The van der Waals surface area contributed by atoms with Gasteiger partial charge in [-0.2, -0.15) is 0 Å². The number of hydrogen-bond acceptors (Lipinski definition) is 6. The van der Waals surface area contributed by atoms with Crippen molar-refractivity contribution in [3.8, 4) is 11.3 Å². The van der Waals surface area contributed by atoms with Gasteiger partial charge in [0.15, 0.2) is 0 Å². The average molecular weight is 292 g/mol. The summed E-state index contributed by atoms with van der Waals surface area (Å²) in [6, 6.07) is 9.67. The number of non-ortho nitro benzene ring substituents is 1. The molecule has 2 aromatic rings. The molecule has 0 aliphatic rings. The third kappa shape index (κ3) is 4.12. The summed E-state index contributed by atoms with van der Waals surface area (Å²) in [5, 5.41) is 31.4. The molecular weight excluding hydrogens is 276 g/mol. The maximum absolute atomic E-state index is 10.6. The van der Waals surface area contributed by atoms with Crippen molar-refractivity contribution in [3.63, 3.8) is 0 Å². The fraction of sp³-hybridized carbons (Fsp3) is 0.286. The summed E-state index contributed by atoms with van der Waals surface area (Å²) in [4.78, 5) is 10.1. The molecule has 7 heteroatoms. The van der Waals surface area contributed by atoms with Gasteiger partial charge in [0.25, 0.3) is 5.69 Å². The number of nitrogens with zero attached hydrogens (tertiary/aromatic N) is 1. The number of nitrogens with one attached hydrogen (secondary N) is 1. The highest BCUT2D eigenvalue weighted by Gasteiger charge is 2.09. The Balaban J connectivity index is 1.97. The summed E-state index contributed by atoms with van der Waals surface area (Å²) in [7, 11) is 0. The van der Waals surface area contributed by atoms with Crippen molar-refractivity contribution in [1.82, 2.24) is 5.32 Å². The Kier molecular flexibility index (Phi) is 5.04.